The lowest BCUT2D eigenvalue weighted by Gasteiger charge is -2.11. The number of carbonyl (C=O) groups excluding carboxylic acids is 1. The number of nitrogens with zero attached hydrogens (tertiary/aromatic N) is 1. The van der Waals surface area contributed by atoms with Crippen LogP contribution >= 0.6 is 27.7 Å². The summed E-state index contributed by atoms with van der Waals surface area (Å²) in [6.07, 6.45) is 3.72. The summed E-state index contributed by atoms with van der Waals surface area (Å²) in [7, 11) is 0. The molecule has 0 spiro atoms. The predicted molar refractivity (Wildman–Crippen MR) is 81.8 cm³/mol. The second kappa shape index (κ2) is 6.58. The Hall–Kier alpha value is -1.08. The van der Waals surface area contributed by atoms with E-state index in [9.17, 15) is 9.59 Å². The van der Waals surface area contributed by atoms with E-state index in [1.54, 1.807) is 12.3 Å². The van der Waals surface area contributed by atoms with Crippen LogP contribution in [0.25, 0.3) is 0 Å². The number of hydrogen-bond acceptors (Lipinski definition) is 4. The first-order valence-corrected chi connectivity index (χ1v) is 8.15. The van der Waals surface area contributed by atoms with E-state index in [2.05, 4.69) is 26.2 Å². The lowest BCUT2D eigenvalue weighted by Crippen LogP contribution is -2.17. The predicted octanol–water partition coefficient (Wildman–Crippen LogP) is 2.77. The van der Waals surface area contributed by atoms with Crippen LogP contribution in [-0.2, 0) is 9.59 Å². The quantitative estimate of drug-likeness (QED) is 0.783. The van der Waals surface area contributed by atoms with E-state index in [0.717, 1.165) is 23.1 Å². The summed E-state index contributed by atoms with van der Waals surface area (Å²) in [6, 6.07) is 3.53. The number of rotatable bonds is 7. The fraction of sp³-hybridized carbons (Fsp3) is 0.462. The van der Waals surface area contributed by atoms with E-state index in [1.165, 1.54) is 11.8 Å². The smallest absolute Gasteiger partial charge is 0.303 e. The summed E-state index contributed by atoms with van der Waals surface area (Å²) in [5.74, 6) is 0.688. The largest absolute Gasteiger partial charge is 0.481 e. The number of thioether (sulfide) groups is 1. The van der Waals surface area contributed by atoms with Crippen LogP contribution in [0.5, 0.6) is 0 Å². The summed E-state index contributed by atoms with van der Waals surface area (Å²) < 4.78 is 0.856. The van der Waals surface area contributed by atoms with Gasteiger partial charge in [-0.1, -0.05) is 0 Å². The third-order valence-electron chi connectivity index (χ3n) is 3.12. The van der Waals surface area contributed by atoms with Gasteiger partial charge in [0.2, 0.25) is 5.91 Å². The normalized spacial score (nSPS) is 15.7. The number of nitrogens with one attached hydrogen (secondary N) is 1. The van der Waals surface area contributed by atoms with Gasteiger partial charge in [0, 0.05) is 10.7 Å². The number of halogens is 1. The van der Waals surface area contributed by atoms with Crippen molar-refractivity contribution in [2.45, 2.75) is 19.3 Å². The highest BCUT2D eigenvalue weighted by molar-refractivity contribution is 9.10. The number of anilines is 1. The molecule has 0 saturated heterocycles. The first-order valence-electron chi connectivity index (χ1n) is 6.20. The van der Waals surface area contributed by atoms with Gasteiger partial charge in [-0.15, -0.1) is 0 Å². The number of carboxylic acid groups (broad SMARTS) is 1. The Kier molecular flexibility index (Phi) is 5.04. The van der Waals surface area contributed by atoms with E-state index in [4.69, 9.17) is 5.11 Å². The average Bonchev–Trinajstić information content (AvgIpc) is 3.11. The monoisotopic (exact) mass is 358 g/mol. The van der Waals surface area contributed by atoms with Gasteiger partial charge >= 0.3 is 5.97 Å². The van der Waals surface area contributed by atoms with Crippen molar-refractivity contribution in [2.24, 2.45) is 5.41 Å². The van der Waals surface area contributed by atoms with Crippen LogP contribution in [0.3, 0.4) is 0 Å². The number of carbonyl (C=O) groups is 2. The molecular weight excluding hydrogens is 344 g/mol. The van der Waals surface area contributed by atoms with Crippen LogP contribution < -0.4 is 5.32 Å². The summed E-state index contributed by atoms with van der Waals surface area (Å²) in [6.45, 7) is 0. The molecular formula is C13H15BrN2O3S. The fourth-order valence-electron chi connectivity index (χ4n) is 1.86. The van der Waals surface area contributed by atoms with Crippen molar-refractivity contribution in [3.05, 3.63) is 22.8 Å². The van der Waals surface area contributed by atoms with Gasteiger partial charge in [-0.25, -0.2) is 4.98 Å². The Morgan fingerprint density at radius 2 is 2.20 bits per heavy atom. The Balaban J connectivity index is 1.70. The minimum absolute atomic E-state index is 0.0767. The highest BCUT2D eigenvalue weighted by Crippen LogP contribution is 2.50. The third kappa shape index (κ3) is 4.79. The van der Waals surface area contributed by atoms with Gasteiger partial charge < -0.3 is 10.4 Å². The molecule has 1 aromatic heterocycles. The van der Waals surface area contributed by atoms with Gasteiger partial charge in [-0.2, -0.15) is 11.8 Å². The zero-order valence-electron chi connectivity index (χ0n) is 10.8. The highest BCUT2D eigenvalue weighted by Gasteiger charge is 2.44. The van der Waals surface area contributed by atoms with Crippen molar-refractivity contribution in [3.63, 3.8) is 0 Å². The summed E-state index contributed by atoms with van der Waals surface area (Å²) in [5, 5.41) is 11.5. The molecule has 2 N–H and O–H groups in total. The number of pyridine rings is 1. The maximum atomic E-state index is 11.7. The number of carboxylic acids is 1. The topological polar surface area (TPSA) is 79.3 Å². The molecule has 0 aromatic carbocycles. The van der Waals surface area contributed by atoms with Crippen LogP contribution in [0.15, 0.2) is 22.8 Å². The van der Waals surface area contributed by atoms with Gasteiger partial charge in [0.1, 0.15) is 5.82 Å². The Morgan fingerprint density at radius 1 is 1.45 bits per heavy atom. The fourth-order valence-corrected chi connectivity index (χ4v) is 3.28. The molecule has 1 heterocycles. The van der Waals surface area contributed by atoms with Crippen molar-refractivity contribution in [3.8, 4) is 0 Å². The molecule has 0 unspecified atom stereocenters. The van der Waals surface area contributed by atoms with Crippen LogP contribution in [0, 0.1) is 5.41 Å². The molecule has 2 rings (SSSR count). The maximum absolute atomic E-state index is 11.7. The van der Waals surface area contributed by atoms with Crippen LogP contribution in [0.4, 0.5) is 5.82 Å². The van der Waals surface area contributed by atoms with Gasteiger partial charge in [0.05, 0.1) is 12.2 Å². The highest BCUT2D eigenvalue weighted by atomic mass is 79.9. The van der Waals surface area contributed by atoms with E-state index in [0.29, 0.717) is 11.6 Å². The minimum atomic E-state index is -0.758. The minimum Gasteiger partial charge on any atom is -0.481 e. The first kappa shape index (κ1) is 15.3. The van der Waals surface area contributed by atoms with E-state index in [1.807, 2.05) is 6.07 Å². The zero-order chi connectivity index (χ0) is 14.6. The van der Waals surface area contributed by atoms with Gasteiger partial charge in [-0.05, 0) is 52.1 Å². The molecule has 1 aliphatic rings. The number of aromatic nitrogens is 1. The van der Waals surface area contributed by atoms with Gasteiger partial charge in [0.25, 0.3) is 0 Å². The van der Waals surface area contributed by atoms with Gasteiger partial charge in [-0.3, -0.25) is 9.59 Å². The molecule has 5 nitrogen and oxygen atoms in total. The molecule has 108 valence electrons. The van der Waals surface area contributed by atoms with E-state index < -0.39 is 5.97 Å². The molecule has 1 saturated carbocycles. The molecule has 1 fully saturated rings. The lowest BCUT2D eigenvalue weighted by atomic mass is 10.1. The van der Waals surface area contributed by atoms with Crippen molar-refractivity contribution in [2.75, 3.05) is 16.8 Å². The standard InChI is InChI=1S/C13H15BrN2O3S/c14-9-1-2-10(15-6-9)16-11(17)7-20-8-13(3-4-13)5-12(18)19/h1-2,6H,3-5,7-8H2,(H,18,19)(H,15,16,17). The zero-order valence-corrected chi connectivity index (χ0v) is 13.2. The molecule has 20 heavy (non-hydrogen) atoms. The summed E-state index contributed by atoms with van der Waals surface area (Å²) in [4.78, 5) is 26.5. The summed E-state index contributed by atoms with van der Waals surface area (Å²) >= 11 is 4.76. The molecule has 1 amide bonds. The Labute approximate surface area is 129 Å². The van der Waals surface area contributed by atoms with Crippen LogP contribution in [-0.4, -0.2) is 33.5 Å². The first-order chi connectivity index (χ1) is 9.49. The van der Waals surface area contributed by atoms with E-state index >= 15 is 0 Å². The molecule has 0 atom stereocenters. The summed E-state index contributed by atoms with van der Waals surface area (Å²) in [5.41, 5.74) is -0.0767. The lowest BCUT2D eigenvalue weighted by molar-refractivity contribution is -0.138. The SMILES string of the molecule is O=C(O)CC1(CSCC(=O)Nc2ccc(Br)cn2)CC1. The molecule has 0 aliphatic heterocycles. The van der Waals surface area contributed by atoms with Crippen LogP contribution in [0.2, 0.25) is 0 Å². The molecule has 0 bridgehead atoms. The average molecular weight is 359 g/mol. The Bertz CT molecular complexity index is 503. The second-order valence-corrected chi connectivity index (χ2v) is 6.87. The molecule has 7 heteroatoms. The molecule has 1 aromatic rings. The van der Waals surface area contributed by atoms with Crippen molar-refractivity contribution >= 4 is 45.4 Å². The van der Waals surface area contributed by atoms with Crippen LogP contribution in [0.1, 0.15) is 19.3 Å². The number of aliphatic carboxylic acids is 1. The third-order valence-corrected chi connectivity index (χ3v) is 4.87. The Morgan fingerprint density at radius 3 is 2.75 bits per heavy atom. The van der Waals surface area contributed by atoms with Crippen molar-refractivity contribution in [1.82, 2.24) is 4.98 Å². The number of amides is 1. The number of hydrogen-bond donors (Lipinski definition) is 2. The van der Waals surface area contributed by atoms with E-state index in [-0.39, 0.29) is 17.7 Å². The van der Waals surface area contributed by atoms with Crippen molar-refractivity contribution in [1.29, 1.82) is 0 Å². The van der Waals surface area contributed by atoms with Crippen molar-refractivity contribution < 1.29 is 14.7 Å². The van der Waals surface area contributed by atoms with Gasteiger partial charge in [0.15, 0.2) is 0 Å². The molecule has 1 aliphatic carbocycles. The second-order valence-electron chi connectivity index (χ2n) is 4.97. The molecule has 0 radical (unpaired) electrons. The maximum Gasteiger partial charge on any atom is 0.303 e.